The fraction of sp³-hybridized carbons (Fsp3) is 0.174. The zero-order chi connectivity index (χ0) is 21.1. The molecule has 3 aromatic rings. The van der Waals surface area contributed by atoms with Crippen LogP contribution < -0.4 is 10.5 Å². The van der Waals surface area contributed by atoms with Crippen LogP contribution in [0.1, 0.15) is 46.6 Å². The van der Waals surface area contributed by atoms with Gasteiger partial charge in [-0.3, -0.25) is 0 Å². The summed E-state index contributed by atoms with van der Waals surface area (Å²) in [5, 5.41) is 9.94. The van der Waals surface area contributed by atoms with E-state index in [4.69, 9.17) is 22.1 Å². The van der Waals surface area contributed by atoms with Crippen LogP contribution in [0, 0.1) is 0 Å². The van der Waals surface area contributed by atoms with Crippen LogP contribution in [0.3, 0.4) is 0 Å². The maximum Gasteiger partial charge on any atom is 0.358 e. The number of nitrogens with zero attached hydrogens (tertiary/aromatic N) is 2. The van der Waals surface area contributed by atoms with Gasteiger partial charge >= 0.3 is 5.97 Å². The summed E-state index contributed by atoms with van der Waals surface area (Å²) in [6.45, 7) is 0.433. The van der Waals surface area contributed by atoms with Crippen LogP contribution in [0.25, 0.3) is 11.1 Å². The molecule has 7 heteroatoms. The average Bonchev–Trinajstić information content (AvgIpc) is 3.23. The number of hydrogen-bond acceptors (Lipinski definition) is 5. The lowest BCUT2D eigenvalue weighted by molar-refractivity contribution is 0.0691. The molecule has 152 valence electrons. The summed E-state index contributed by atoms with van der Waals surface area (Å²) >= 11 is 6.29. The summed E-state index contributed by atoms with van der Waals surface area (Å²) in [5.74, 6) is -0.572. The molecule has 1 aliphatic carbocycles. The van der Waals surface area contributed by atoms with Gasteiger partial charge in [-0.25, -0.2) is 14.8 Å². The molecular weight excluding hydrogens is 402 g/mol. The zero-order valence-electron chi connectivity index (χ0n) is 16.1. The summed E-state index contributed by atoms with van der Waals surface area (Å²) in [7, 11) is 0. The third-order valence-corrected chi connectivity index (χ3v) is 5.27. The average molecular weight is 422 g/mol. The molecule has 0 unspecified atom stereocenters. The Hall–Kier alpha value is -3.38. The Morgan fingerprint density at radius 3 is 2.67 bits per heavy atom. The Bertz CT molecular complexity index is 1130. The molecule has 3 N–H and O–H groups in total. The molecule has 0 atom stereocenters. The van der Waals surface area contributed by atoms with Gasteiger partial charge in [0.1, 0.15) is 12.4 Å². The van der Waals surface area contributed by atoms with Crippen molar-refractivity contribution in [1.29, 1.82) is 0 Å². The van der Waals surface area contributed by atoms with E-state index in [1.807, 2.05) is 42.5 Å². The van der Waals surface area contributed by atoms with Gasteiger partial charge in [-0.15, -0.1) is 0 Å². The number of carboxylic acid groups (broad SMARTS) is 1. The first-order valence-electron chi connectivity index (χ1n) is 9.58. The number of hydrogen-bond donors (Lipinski definition) is 2. The maximum atomic E-state index is 11.4. The topological polar surface area (TPSA) is 98.3 Å². The van der Waals surface area contributed by atoms with E-state index in [9.17, 15) is 9.90 Å². The quantitative estimate of drug-likeness (QED) is 0.575. The van der Waals surface area contributed by atoms with Gasteiger partial charge in [-0.2, -0.15) is 0 Å². The van der Waals surface area contributed by atoms with E-state index in [0.717, 1.165) is 47.3 Å². The zero-order valence-corrected chi connectivity index (χ0v) is 16.9. The summed E-state index contributed by atoms with van der Waals surface area (Å²) in [6, 6.07) is 15.5. The van der Waals surface area contributed by atoms with Crippen LogP contribution in [0.15, 0.2) is 54.7 Å². The number of rotatable bonds is 6. The highest BCUT2D eigenvalue weighted by Gasteiger charge is 2.23. The molecule has 0 aliphatic heterocycles. The SMILES string of the molecule is Nc1ncc(C2=C(c3cc(Cl)ccc3OCc3ccccc3)CCC2)nc1C(=O)O. The standard InChI is InChI=1S/C23H20ClN3O3/c24-15-9-10-20(30-13-14-5-2-1-3-6-14)18(11-15)16-7-4-8-17(16)19-12-26-22(25)21(27-19)23(28)29/h1-3,5-6,9-12H,4,7-8,13H2,(H2,25,26)(H,28,29). The first-order valence-corrected chi connectivity index (χ1v) is 9.95. The second-order valence-electron chi connectivity index (χ2n) is 7.02. The first kappa shape index (κ1) is 19.9. The lowest BCUT2D eigenvalue weighted by Gasteiger charge is -2.15. The van der Waals surface area contributed by atoms with Gasteiger partial charge in [0.2, 0.25) is 0 Å². The van der Waals surface area contributed by atoms with Gasteiger partial charge in [-0.1, -0.05) is 41.9 Å². The van der Waals surface area contributed by atoms with Gasteiger partial charge in [-0.05, 0) is 54.2 Å². The molecule has 1 heterocycles. The van der Waals surface area contributed by atoms with Crippen LogP contribution in [0.2, 0.25) is 5.02 Å². The van der Waals surface area contributed by atoms with Crippen LogP contribution >= 0.6 is 11.6 Å². The van der Waals surface area contributed by atoms with E-state index in [2.05, 4.69) is 9.97 Å². The summed E-state index contributed by atoms with van der Waals surface area (Å²) in [4.78, 5) is 19.7. The third-order valence-electron chi connectivity index (χ3n) is 5.03. The van der Waals surface area contributed by atoms with Crippen molar-refractivity contribution in [3.05, 3.63) is 82.3 Å². The number of allylic oxidation sites excluding steroid dienone is 2. The largest absolute Gasteiger partial charge is 0.488 e. The fourth-order valence-corrected chi connectivity index (χ4v) is 3.80. The highest BCUT2D eigenvalue weighted by Crippen LogP contribution is 2.43. The molecule has 30 heavy (non-hydrogen) atoms. The van der Waals surface area contributed by atoms with Gasteiger partial charge < -0.3 is 15.6 Å². The molecule has 0 bridgehead atoms. The Kier molecular flexibility index (Phi) is 5.68. The molecule has 0 amide bonds. The molecule has 0 saturated carbocycles. The number of nitrogens with two attached hydrogens (primary N) is 1. The maximum absolute atomic E-state index is 11.4. The van der Waals surface area contributed by atoms with Crippen molar-refractivity contribution in [2.24, 2.45) is 0 Å². The van der Waals surface area contributed by atoms with Crippen LogP contribution in [-0.2, 0) is 6.61 Å². The first-order chi connectivity index (χ1) is 14.5. The number of benzene rings is 2. The number of nitrogen functional groups attached to an aromatic ring is 1. The number of ether oxygens (including phenoxy) is 1. The number of anilines is 1. The van der Waals surface area contributed by atoms with Crippen molar-refractivity contribution < 1.29 is 14.6 Å². The van der Waals surface area contributed by atoms with Crippen molar-refractivity contribution in [3.63, 3.8) is 0 Å². The van der Waals surface area contributed by atoms with Gasteiger partial charge in [0.25, 0.3) is 0 Å². The third kappa shape index (κ3) is 4.14. The Labute approximate surface area is 179 Å². The highest BCUT2D eigenvalue weighted by molar-refractivity contribution is 6.30. The molecule has 1 aliphatic rings. The van der Waals surface area contributed by atoms with Gasteiger partial charge in [0.05, 0.1) is 11.9 Å². The lowest BCUT2D eigenvalue weighted by Crippen LogP contribution is -2.09. The molecule has 1 aromatic heterocycles. The van der Waals surface area contributed by atoms with Crippen molar-refractivity contribution in [3.8, 4) is 5.75 Å². The fourth-order valence-electron chi connectivity index (χ4n) is 3.62. The molecular formula is C23H20ClN3O3. The number of carboxylic acids is 1. The van der Waals surface area contributed by atoms with Crippen molar-refractivity contribution in [2.45, 2.75) is 25.9 Å². The van der Waals surface area contributed by atoms with E-state index in [-0.39, 0.29) is 11.5 Å². The van der Waals surface area contributed by atoms with E-state index in [1.54, 1.807) is 6.07 Å². The lowest BCUT2D eigenvalue weighted by atomic mass is 9.99. The van der Waals surface area contributed by atoms with E-state index >= 15 is 0 Å². The molecule has 0 fully saturated rings. The van der Waals surface area contributed by atoms with Crippen LogP contribution in [0.4, 0.5) is 5.82 Å². The predicted molar refractivity (Wildman–Crippen MR) is 116 cm³/mol. The Balaban J connectivity index is 1.74. The number of carbonyl (C=O) groups is 1. The summed E-state index contributed by atoms with van der Waals surface area (Å²) in [6.07, 6.45) is 4.02. The number of aromatic nitrogens is 2. The van der Waals surface area contributed by atoms with E-state index in [1.165, 1.54) is 6.20 Å². The minimum absolute atomic E-state index is 0.0963. The number of halogens is 1. The molecule has 4 rings (SSSR count). The molecule has 0 spiro atoms. The van der Waals surface area contributed by atoms with Gasteiger partial charge in [0, 0.05) is 10.6 Å². The summed E-state index contributed by atoms with van der Waals surface area (Å²) in [5.41, 5.74) is 9.88. The minimum atomic E-state index is -1.20. The summed E-state index contributed by atoms with van der Waals surface area (Å²) < 4.78 is 6.11. The molecule has 0 saturated heterocycles. The van der Waals surface area contributed by atoms with E-state index < -0.39 is 5.97 Å². The second kappa shape index (κ2) is 8.55. The Morgan fingerprint density at radius 2 is 1.90 bits per heavy atom. The smallest absolute Gasteiger partial charge is 0.358 e. The van der Waals surface area contributed by atoms with Crippen LogP contribution in [0.5, 0.6) is 5.75 Å². The van der Waals surface area contributed by atoms with Crippen molar-refractivity contribution >= 4 is 34.5 Å². The molecule has 0 radical (unpaired) electrons. The monoisotopic (exact) mass is 421 g/mol. The van der Waals surface area contributed by atoms with E-state index in [0.29, 0.717) is 17.3 Å². The Morgan fingerprint density at radius 1 is 1.13 bits per heavy atom. The normalized spacial score (nSPS) is 13.5. The molecule has 2 aromatic carbocycles. The van der Waals surface area contributed by atoms with Crippen LogP contribution in [-0.4, -0.2) is 21.0 Å². The molecule has 6 nitrogen and oxygen atoms in total. The van der Waals surface area contributed by atoms with Crippen molar-refractivity contribution in [2.75, 3.05) is 5.73 Å². The minimum Gasteiger partial charge on any atom is -0.488 e. The van der Waals surface area contributed by atoms with Crippen molar-refractivity contribution in [1.82, 2.24) is 9.97 Å². The predicted octanol–water partition coefficient (Wildman–Crippen LogP) is 5.08. The highest BCUT2D eigenvalue weighted by atomic mass is 35.5. The second-order valence-corrected chi connectivity index (χ2v) is 7.46. The number of aromatic carboxylic acids is 1. The van der Waals surface area contributed by atoms with Gasteiger partial charge in [0.15, 0.2) is 11.5 Å².